The molecule has 3 nitrogen and oxygen atoms in total. The molecule has 0 radical (unpaired) electrons. The van der Waals surface area contributed by atoms with Gasteiger partial charge in [0.25, 0.3) is 0 Å². The normalized spacial score (nSPS) is 16.5. The Bertz CT molecular complexity index is 758. The number of ether oxygens (including phenoxy) is 1. The molecule has 0 aliphatic carbocycles. The van der Waals surface area contributed by atoms with Gasteiger partial charge in [-0.15, -0.1) is 0 Å². The molecule has 0 N–H and O–H groups in total. The third-order valence-electron chi connectivity index (χ3n) is 3.42. The Kier molecular flexibility index (Phi) is 3.40. The number of cyclic esters (lactones) is 1. The van der Waals surface area contributed by atoms with Gasteiger partial charge in [0.15, 0.2) is 5.70 Å². The first-order valence-electron chi connectivity index (χ1n) is 6.79. The van der Waals surface area contributed by atoms with E-state index in [1.165, 1.54) is 0 Å². The maximum Gasteiger partial charge on any atom is 0.364 e. The summed E-state index contributed by atoms with van der Waals surface area (Å²) in [5, 5.41) is 0. The van der Waals surface area contributed by atoms with E-state index in [-0.39, 0.29) is 0 Å². The molecule has 0 saturated carbocycles. The predicted molar refractivity (Wildman–Crippen MR) is 82.8 cm³/mol. The highest BCUT2D eigenvalue weighted by Crippen LogP contribution is 2.25. The zero-order valence-electron chi connectivity index (χ0n) is 12.0. The van der Waals surface area contributed by atoms with Crippen molar-refractivity contribution in [3.8, 4) is 0 Å². The van der Waals surface area contributed by atoms with Crippen LogP contribution in [0.25, 0.3) is 5.57 Å². The third-order valence-corrected chi connectivity index (χ3v) is 3.42. The van der Waals surface area contributed by atoms with E-state index in [2.05, 4.69) is 4.99 Å². The van der Waals surface area contributed by atoms with Gasteiger partial charge < -0.3 is 4.74 Å². The Balaban J connectivity index is 2.04. The van der Waals surface area contributed by atoms with Crippen LogP contribution < -0.4 is 0 Å². The molecule has 1 aliphatic heterocycles. The van der Waals surface area contributed by atoms with E-state index in [0.29, 0.717) is 11.6 Å². The summed E-state index contributed by atoms with van der Waals surface area (Å²) in [6.45, 7) is 3.91. The largest absolute Gasteiger partial charge is 0.402 e. The summed E-state index contributed by atoms with van der Waals surface area (Å²) in [4.78, 5) is 16.4. The van der Waals surface area contributed by atoms with Gasteiger partial charge in [-0.05, 0) is 37.1 Å². The fourth-order valence-electron chi connectivity index (χ4n) is 2.26. The fraction of sp³-hybridized carbons (Fsp3) is 0.111. The lowest BCUT2D eigenvalue weighted by Gasteiger charge is -2.03. The lowest BCUT2D eigenvalue weighted by Crippen LogP contribution is -2.05. The molecule has 21 heavy (non-hydrogen) atoms. The highest BCUT2D eigenvalue weighted by atomic mass is 16.6. The number of esters is 1. The molecule has 0 unspecified atom stereocenters. The summed E-state index contributed by atoms with van der Waals surface area (Å²) in [5.41, 5.74) is 4.14. The summed E-state index contributed by atoms with van der Waals surface area (Å²) in [7, 11) is 0. The first-order valence-corrected chi connectivity index (χ1v) is 6.79. The summed E-state index contributed by atoms with van der Waals surface area (Å²) in [6, 6.07) is 17.4. The van der Waals surface area contributed by atoms with Gasteiger partial charge in [-0.25, -0.2) is 9.79 Å². The standard InChI is InChI=1S/C18H15NO2/c1-12-7-6-10-15(11-12)13(2)16-18(20)21-17(19-16)14-8-4-3-5-9-14/h3-11H,1-2H3/b16-13+. The van der Waals surface area contributed by atoms with E-state index in [0.717, 1.165) is 22.3 Å². The number of aliphatic imine (C=N–C) groups is 1. The van der Waals surface area contributed by atoms with Crippen LogP contribution in [0.15, 0.2) is 65.3 Å². The van der Waals surface area contributed by atoms with Crippen molar-refractivity contribution in [1.29, 1.82) is 0 Å². The second-order valence-electron chi connectivity index (χ2n) is 5.02. The summed E-state index contributed by atoms with van der Waals surface area (Å²) < 4.78 is 5.29. The molecule has 3 rings (SSSR count). The quantitative estimate of drug-likeness (QED) is 0.619. The maximum atomic E-state index is 12.1. The number of hydrogen-bond acceptors (Lipinski definition) is 3. The van der Waals surface area contributed by atoms with E-state index < -0.39 is 5.97 Å². The van der Waals surface area contributed by atoms with E-state index in [1.54, 1.807) is 0 Å². The number of carbonyl (C=O) groups is 1. The summed E-state index contributed by atoms with van der Waals surface area (Å²) >= 11 is 0. The number of allylic oxidation sites excluding steroid dienone is 1. The molecule has 0 spiro atoms. The molecule has 2 aromatic carbocycles. The molecule has 0 bridgehead atoms. The van der Waals surface area contributed by atoms with Crippen molar-refractivity contribution in [1.82, 2.24) is 0 Å². The van der Waals surface area contributed by atoms with Crippen molar-refractivity contribution >= 4 is 17.4 Å². The minimum atomic E-state index is -0.396. The minimum Gasteiger partial charge on any atom is -0.402 e. The van der Waals surface area contributed by atoms with Gasteiger partial charge >= 0.3 is 5.97 Å². The first kappa shape index (κ1) is 13.3. The van der Waals surface area contributed by atoms with Crippen molar-refractivity contribution in [3.63, 3.8) is 0 Å². The molecular formula is C18H15NO2. The SMILES string of the molecule is C/C(=C1\N=C(c2ccccc2)OC1=O)c1cccc(C)c1. The van der Waals surface area contributed by atoms with Crippen LogP contribution in [0.2, 0.25) is 0 Å². The molecule has 104 valence electrons. The van der Waals surface area contributed by atoms with Crippen LogP contribution >= 0.6 is 0 Å². The molecule has 0 aromatic heterocycles. The van der Waals surface area contributed by atoms with E-state index in [9.17, 15) is 4.79 Å². The number of benzene rings is 2. The van der Waals surface area contributed by atoms with Crippen molar-refractivity contribution < 1.29 is 9.53 Å². The number of carbonyl (C=O) groups excluding carboxylic acids is 1. The lowest BCUT2D eigenvalue weighted by atomic mass is 10.0. The monoisotopic (exact) mass is 277 g/mol. The number of hydrogen-bond donors (Lipinski definition) is 0. The Morgan fingerprint density at radius 1 is 1.05 bits per heavy atom. The van der Waals surface area contributed by atoms with Crippen LogP contribution in [-0.4, -0.2) is 11.9 Å². The van der Waals surface area contributed by atoms with Crippen molar-refractivity contribution in [2.75, 3.05) is 0 Å². The molecule has 0 amide bonds. The molecular weight excluding hydrogens is 262 g/mol. The smallest absolute Gasteiger partial charge is 0.364 e. The van der Waals surface area contributed by atoms with Gasteiger partial charge in [0.1, 0.15) is 0 Å². The fourth-order valence-corrected chi connectivity index (χ4v) is 2.26. The molecule has 0 fully saturated rings. The van der Waals surface area contributed by atoms with E-state index in [1.807, 2.05) is 68.4 Å². The van der Waals surface area contributed by atoms with Crippen LogP contribution in [0.3, 0.4) is 0 Å². The van der Waals surface area contributed by atoms with Crippen LogP contribution in [0, 0.1) is 6.92 Å². The average molecular weight is 277 g/mol. The van der Waals surface area contributed by atoms with Crippen LogP contribution in [0.4, 0.5) is 0 Å². The first-order chi connectivity index (χ1) is 10.1. The summed E-state index contributed by atoms with van der Waals surface area (Å²) in [5.74, 6) is -0.0320. The maximum absolute atomic E-state index is 12.1. The Morgan fingerprint density at radius 3 is 2.52 bits per heavy atom. The number of rotatable bonds is 2. The average Bonchev–Trinajstić information content (AvgIpc) is 2.89. The van der Waals surface area contributed by atoms with Gasteiger partial charge in [-0.1, -0.05) is 48.0 Å². The summed E-state index contributed by atoms with van der Waals surface area (Å²) in [6.07, 6.45) is 0. The topological polar surface area (TPSA) is 38.7 Å². The third kappa shape index (κ3) is 2.63. The molecule has 1 aliphatic rings. The van der Waals surface area contributed by atoms with Crippen LogP contribution in [0.1, 0.15) is 23.6 Å². The van der Waals surface area contributed by atoms with Gasteiger partial charge in [0.2, 0.25) is 5.90 Å². The molecule has 0 saturated heterocycles. The van der Waals surface area contributed by atoms with Gasteiger partial charge in [0.05, 0.1) is 0 Å². The number of nitrogens with zero attached hydrogens (tertiary/aromatic N) is 1. The second kappa shape index (κ2) is 5.37. The van der Waals surface area contributed by atoms with E-state index >= 15 is 0 Å². The van der Waals surface area contributed by atoms with Crippen LogP contribution in [0.5, 0.6) is 0 Å². The minimum absolute atomic E-state index is 0.364. The lowest BCUT2D eigenvalue weighted by molar-refractivity contribution is -0.129. The van der Waals surface area contributed by atoms with Crippen molar-refractivity contribution in [2.24, 2.45) is 4.99 Å². The molecule has 0 atom stereocenters. The highest BCUT2D eigenvalue weighted by Gasteiger charge is 2.26. The van der Waals surface area contributed by atoms with Crippen LogP contribution in [-0.2, 0) is 9.53 Å². The zero-order chi connectivity index (χ0) is 14.8. The van der Waals surface area contributed by atoms with Gasteiger partial charge in [-0.2, -0.15) is 0 Å². The number of aryl methyl sites for hydroxylation is 1. The Morgan fingerprint density at radius 2 is 1.81 bits per heavy atom. The van der Waals surface area contributed by atoms with E-state index in [4.69, 9.17) is 4.74 Å². The molecule has 2 aromatic rings. The molecule has 1 heterocycles. The Hall–Kier alpha value is -2.68. The van der Waals surface area contributed by atoms with Gasteiger partial charge in [-0.3, -0.25) is 0 Å². The van der Waals surface area contributed by atoms with Crippen molar-refractivity contribution in [3.05, 3.63) is 77.0 Å². The van der Waals surface area contributed by atoms with Gasteiger partial charge in [0, 0.05) is 5.56 Å². The Labute approximate surface area is 123 Å². The highest BCUT2D eigenvalue weighted by molar-refractivity contribution is 6.14. The van der Waals surface area contributed by atoms with Crippen molar-refractivity contribution in [2.45, 2.75) is 13.8 Å². The predicted octanol–water partition coefficient (Wildman–Crippen LogP) is 3.73. The zero-order valence-corrected chi connectivity index (χ0v) is 12.0. The second-order valence-corrected chi connectivity index (χ2v) is 5.02. The molecule has 3 heteroatoms.